The number of hydrogen-bond acceptors (Lipinski definition) is 2. The smallest absolute Gasteiger partial charge is 0.299 e. The fourth-order valence-corrected chi connectivity index (χ4v) is 1.77. The van der Waals surface area contributed by atoms with Gasteiger partial charge in [0.1, 0.15) is 5.78 Å². The Labute approximate surface area is 81.7 Å². The van der Waals surface area contributed by atoms with Crippen LogP contribution in [0.4, 0.5) is 8.78 Å². The van der Waals surface area contributed by atoms with Crippen LogP contribution in [0.2, 0.25) is 0 Å². The molecule has 0 aromatic rings. The highest BCUT2D eigenvalue weighted by Gasteiger charge is 2.43. The Morgan fingerprint density at radius 3 is 2.57 bits per heavy atom. The van der Waals surface area contributed by atoms with Gasteiger partial charge in [0.2, 0.25) is 5.78 Å². The summed E-state index contributed by atoms with van der Waals surface area (Å²) in [4.78, 5) is 22.5. The number of ketones is 2. The highest BCUT2D eigenvalue weighted by atomic mass is 19.3. The molecule has 14 heavy (non-hydrogen) atoms. The zero-order valence-electron chi connectivity index (χ0n) is 8.35. The van der Waals surface area contributed by atoms with E-state index in [0.717, 1.165) is 0 Å². The fourth-order valence-electron chi connectivity index (χ4n) is 1.77. The van der Waals surface area contributed by atoms with Gasteiger partial charge in [0.25, 0.3) is 0 Å². The maximum absolute atomic E-state index is 12.7. The molecule has 2 atom stereocenters. The molecule has 0 aromatic heterocycles. The number of halogens is 2. The molecular formula is C10H14F2O2. The van der Waals surface area contributed by atoms with E-state index in [9.17, 15) is 18.4 Å². The van der Waals surface area contributed by atoms with Crippen LogP contribution in [-0.2, 0) is 9.59 Å². The molecule has 0 bridgehead atoms. The standard InChI is InChI=1S/C10H14F2O2/c1-6-3-4-8(13)7(5-6)9(14)10(2,11)12/h6-7H,3-5H2,1-2H3. The second-order valence-electron chi connectivity index (χ2n) is 4.15. The van der Waals surface area contributed by atoms with Gasteiger partial charge in [-0.1, -0.05) is 6.92 Å². The van der Waals surface area contributed by atoms with Crippen molar-refractivity contribution in [1.29, 1.82) is 0 Å². The lowest BCUT2D eigenvalue weighted by Crippen LogP contribution is -2.39. The van der Waals surface area contributed by atoms with Crippen molar-refractivity contribution in [2.75, 3.05) is 0 Å². The number of rotatable bonds is 2. The van der Waals surface area contributed by atoms with Crippen molar-refractivity contribution in [3.63, 3.8) is 0 Å². The Morgan fingerprint density at radius 1 is 1.50 bits per heavy atom. The van der Waals surface area contributed by atoms with Crippen molar-refractivity contribution in [3.8, 4) is 0 Å². The Bertz CT molecular complexity index is 255. The normalized spacial score (nSPS) is 29.0. The van der Waals surface area contributed by atoms with E-state index in [1.54, 1.807) is 0 Å². The van der Waals surface area contributed by atoms with Gasteiger partial charge in [-0.3, -0.25) is 9.59 Å². The zero-order chi connectivity index (χ0) is 10.9. The number of carbonyl (C=O) groups is 2. The van der Waals surface area contributed by atoms with Gasteiger partial charge in [-0.05, 0) is 18.8 Å². The largest absolute Gasteiger partial charge is 0.303 e. The summed E-state index contributed by atoms with van der Waals surface area (Å²) in [7, 11) is 0. The van der Waals surface area contributed by atoms with Crippen LogP contribution in [0.25, 0.3) is 0 Å². The van der Waals surface area contributed by atoms with Gasteiger partial charge in [0.05, 0.1) is 5.92 Å². The first-order chi connectivity index (χ1) is 6.32. The van der Waals surface area contributed by atoms with Crippen molar-refractivity contribution < 1.29 is 18.4 Å². The van der Waals surface area contributed by atoms with Crippen LogP contribution in [0, 0.1) is 11.8 Å². The van der Waals surface area contributed by atoms with Crippen molar-refractivity contribution in [1.82, 2.24) is 0 Å². The molecule has 0 aromatic carbocycles. The van der Waals surface area contributed by atoms with Gasteiger partial charge in [0, 0.05) is 13.3 Å². The predicted octanol–water partition coefficient (Wildman–Crippen LogP) is 2.22. The predicted molar refractivity (Wildman–Crippen MR) is 47.1 cm³/mol. The van der Waals surface area contributed by atoms with Crippen LogP contribution in [0.3, 0.4) is 0 Å². The lowest BCUT2D eigenvalue weighted by atomic mass is 9.78. The summed E-state index contributed by atoms with van der Waals surface area (Å²) in [6.45, 7) is 2.43. The fraction of sp³-hybridized carbons (Fsp3) is 0.800. The van der Waals surface area contributed by atoms with E-state index >= 15 is 0 Å². The minimum Gasteiger partial charge on any atom is -0.299 e. The van der Waals surface area contributed by atoms with Crippen molar-refractivity contribution >= 4 is 11.6 Å². The molecule has 1 rings (SSSR count). The highest BCUT2D eigenvalue weighted by molar-refractivity contribution is 6.05. The summed E-state index contributed by atoms with van der Waals surface area (Å²) in [5, 5.41) is 0. The van der Waals surface area contributed by atoms with Gasteiger partial charge >= 0.3 is 5.92 Å². The Hall–Kier alpha value is -0.800. The molecule has 80 valence electrons. The second-order valence-corrected chi connectivity index (χ2v) is 4.15. The van der Waals surface area contributed by atoms with Crippen LogP contribution < -0.4 is 0 Å². The summed E-state index contributed by atoms with van der Waals surface area (Å²) in [5.41, 5.74) is 0. The third-order valence-corrected chi connectivity index (χ3v) is 2.66. The summed E-state index contributed by atoms with van der Waals surface area (Å²) in [6.07, 6.45) is 1.24. The molecular weight excluding hydrogens is 190 g/mol. The van der Waals surface area contributed by atoms with Crippen LogP contribution in [-0.4, -0.2) is 17.5 Å². The average molecular weight is 204 g/mol. The monoisotopic (exact) mass is 204 g/mol. The third-order valence-electron chi connectivity index (χ3n) is 2.66. The van der Waals surface area contributed by atoms with E-state index < -0.39 is 17.6 Å². The SMILES string of the molecule is CC1CCC(=O)C(C(=O)C(C)(F)F)C1. The molecule has 1 fully saturated rings. The minimum atomic E-state index is -3.38. The molecule has 4 heteroatoms. The van der Waals surface area contributed by atoms with Crippen LogP contribution >= 0.6 is 0 Å². The Morgan fingerprint density at radius 2 is 2.07 bits per heavy atom. The molecule has 1 saturated carbocycles. The van der Waals surface area contributed by atoms with Gasteiger partial charge in [-0.15, -0.1) is 0 Å². The van der Waals surface area contributed by atoms with Gasteiger partial charge in [0.15, 0.2) is 0 Å². The lowest BCUT2D eigenvalue weighted by Gasteiger charge is -2.26. The summed E-state index contributed by atoms with van der Waals surface area (Å²) in [5.74, 6) is -5.80. The molecule has 0 aliphatic heterocycles. The summed E-state index contributed by atoms with van der Waals surface area (Å²) < 4.78 is 25.4. The number of hydrogen-bond donors (Lipinski definition) is 0. The van der Waals surface area contributed by atoms with Crippen LogP contribution in [0.5, 0.6) is 0 Å². The number of alkyl halides is 2. The molecule has 0 radical (unpaired) electrons. The molecule has 0 heterocycles. The van der Waals surface area contributed by atoms with E-state index in [0.29, 0.717) is 13.3 Å². The molecule has 2 nitrogen and oxygen atoms in total. The molecule has 2 unspecified atom stereocenters. The Kier molecular flexibility index (Phi) is 3.02. The van der Waals surface area contributed by atoms with Crippen LogP contribution in [0.15, 0.2) is 0 Å². The quantitative estimate of drug-likeness (QED) is 0.646. The van der Waals surface area contributed by atoms with Gasteiger partial charge < -0.3 is 0 Å². The maximum Gasteiger partial charge on any atom is 0.303 e. The van der Waals surface area contributed by atoms with E-state index in [2.05, 4.69) is 0 Å². The molecule has 1 aliphatic carbocycles. The molecule has 0 amide bonds. The van der Waals surface area contributed by atoms with E-state index in [1.807, 2.05) is 6.92 Å². The molecule has 0 N–H and O–H groups in total. The van der Waals surface area contributed by atoms with Gasteiger partial charge in [-0.2, -0.15) is 8.78 Å². The molecule has 0 spiro atoms. The average Bonchev–Trinajstić information content (AvgIpc) is 2.06. The minimum absolute atomic E-state index is 0.184. The van der Waals surface area contributed by atoms with Crippen molar-refractivity contribution in [2.45, 2.75) is 39.0 Å². The number of Topliss-reactive ketones (excluding diaryl/α,β-unsaturated/α-hetero) is 2. The first-order valence-electron chi connectivity index (χ1n) is 4.77. The topological polar surface area (TPSA) is 34.1 Å². The Balaban J connectivity index is 2.75. The van der Waals surface area contributed by atoms with E-state index in [-0.39, 0.29) is 24.5 Å². The van der Waals surface area contributed by atoms with Crippen molar-refractivity contribution in [3.05, 3.63) is 0 Å². The molecule has 1 aliphatic rings. The van der Waals surface area contributed by atoms with Gasteiger partial charge in [-0.25, -0.2) is 0 Å². The number of carbonyl (C=O) groups excluding carboxylic acids is 2. The van der Waals surface area contributed by atoms with E-state index in [1.165, 1.54) is 0 Å². The van der Waals surface area contributed by atoms with E-state index in [4.69, 9.17) is 0 Å². The first kappa shape index (κ1) is 11.3. The van der Waals surface area contributed by atoms with Crippen molar-refractivity contribution in [2.24, 2.45) is 11.8 Å². The summed E-state index contributed by atoms with van der Waals surface area (Å²) >= 11 is 0. The molecule has 0 saturated heterocycles. The first-order valence-corrected chi connectivity index (χ1v) is 4.77. The maximum atomic E-state index is 12.7. The van der Waals surface area contributed by atoms with Crippen LogP contribution in [0.1, 0.15) is 33.1 Å². The zero-order valence-corrected chi connectivity index (χ0v) is 8.35. The summed E-state index contributed by atoms with van der Waals surface area (Å²) in [6, 6.07) is 0. The second kappa shape index (κ2) is 3.75. The lowest BCUT2D eigenvalue weighted by molar-refractivity contribution is -0.151. The third kappa shape index (κ3) is 2.36. The highest BCUT2D eigenvalue weighted by Crippen LogP contribution is 2.31.